The number of rotatable bonds is 6. The van der Waals surface area contributed by atoms with E-state index >= 15 is 0 Å². The molecule has 3 atom stereocenters. The van der Waals surface area contributed by atoms with E-state index in [9.17, 15) is 8.60 Å². The lowest BCUT2D eigenvalue weighted by Crippen LogP contribution is -2.30. The Morgan fingerprint density at radius 1 is 1.32 bits per heavy atom. The minimum Gasteiger partial charge on any atom is -0.308 e. The lowest BCUT2D eigenvalue weighted by molar-refractivity contribution is 0.468. The van der Waals surface area contributed by atoms with Crippen LogP contribution in [0, 0.1) is 5.82 Å². The zero-order chi connectivity index (χ0) is 14.6. The number of halogens is 3. The van der Waals surface area contributed by atoms with Crippen molar-refractivity contribution in [2.45, 2.75) is 32.4 Å². The van der Waals surface area contributed by atoms with Crippen LogP contribution >= 0.6 is 23.2 Å². The molecule has 2 nitrogen and oxygen atoms in total. The first-order valence-corrected chi connectivity index (χ1v) is 8.50. The largest absolute Gasteiger partial charge is 0.308 e. The number of benzene rings is 1. The third-order valence-electron chi connectivity index (χ3n) is 2.88. The Balaban J connectivity index is 2.70. The highest BCUT2D eigenvalue weighted by molar-refractivity contribution is 7.84. The summed E-state index contributed by atoms with van der Waals surface area (Å²) in [6.07, 6.45) is 2.47. The van der Waals surface area contributed by atoms with Gasteiger partial charge in [0.15, 0.2) is 0 Å². The topological polar surface area (TPSA) is 29.1 Å². The maximum atomic E-state index is 13.5. The Morgan fingerprint density at radius 3 is 2.53 bits per heavy atom. The molecule has 3 unspecified atom stereocenters. The van der Waals surface area contributed by atoms with Gasteiger partial charge in [-0.25, -0.2) is 4.39 Å². The van der Waals surface area contributed by atoms with E-state index in [1.165, 1.54) is 12.1 Å². The van der Waals surface area contributed by atoms with Gasteiger partial charge in [0.1, 0.15) is 5.82 Å². The second kappa shape index (κ2) is 7.58. The SMILES string of the molecule is CC(CCS(C)=O)NC(C)c1cc(F)c(Cl)cc1Cl. The molecular formula is C13H18Cl2FNOS. The van der Waals surface area contributed by atoms with Gasteiger partial charge in [-0.2, -0.15) is 0 Å². The van der Waals surface area contributed by atoms with E-state index < -0.39 is 16.6 Å². The van der Waals surface area contributed by atoms with Gasteiger partial charge in [0.25, 0.3) is 0 Å². The highest BCUT2D eigenvalue weighted by Gasteiger charge is 2.15. The van der Waals surface area contributed by atoms with Crippen LogP contribution in [-0.4, -0.2) is 22.3 Å². The van der Waals surface area contributed by atoms with Gasteiger partial charge in [0.05, 0.1) is 5.02 Å². The molecule has 19 heavy (non-hydrogen) atoms. The van der Waals surface area contributed by atoms with Crippen LogP contribution in [0.1, 0.15) is 31.9 Å². The minimum absolute atomic E-state index is 0.0235. The zero-order valence-electron chi connectivity index (χ0n) is 11.2. The van der Waals surface area contributed by atoms with Crippen molar-refractivity contribution in [3.63, 3.8) is 0 Å². The predicted molar refractivity (Wildman–Crippen MR) is 81.0 cm³/mol. The van der Waals surface area contributed by atoms with E-state index in [1.54, 1.807) is 6.26 Å². The van der Waals surface area contributed by atoms with E-state index in [0.717, 1.165) is 6.42 Å². The van der Waals surface area contributed by atoms with Gasteiger partial charge in [-0.05, 0) is 38.0 Å². The van der Waals surface area contributed by atoms with E-state index in [2.05, 4.69) is 5.32 Å². The van der Waals surface area contributed by atoms with Crippen LogP contribution in [0.5, 0.6) is 0 Å². The predicted octanol–water partition coefficient (Wildman–Crippen LogP) is 3.94. The molecule has 0 amide bonds. The molecule has 1 N–H and O–H groups in total. The maximum absolute atomic E-state index is 13.5. The van der Waals surface area contributed by atoms with E-state index in [4.69, 9.17) is 23.2 Å². The number of nitrogens with one attached hydrogen (secondary N) is 1. The second-order valence-electron chi connectivity index (χ2n) is 4.64. The average molecular weight is 326 g/mol. The summed E-state index contributed by atoms with van der Waals surface area (Å²) in [5.74, 6) is 0.167. The van der Waals surface area contributed by atoms with Crippen molar-refractivity contribution in [2.24, 2.45) is 0 Å². The van der Waals surface area contributed by atoms with Crippen molar-refractivity contribution in [3.8, 4) is 0 Å². The Morgan fingerprint density at radius 2 is 1.95 bits per heavy atom. The van der Waals surface area contributed by atoms with Gasteiger partial charge in [-0.15, -0.1) is 0 Å². The summed E-state index contributed by atoms with van der Waals surface area (Å²) in [7, 11) is -0.800. The quantitative estimate of drug-likeness (QED) is 0.802. The van der Waals surface area contributed by atoms with Crippen LogP contribution in [0.3, 0.4) is 0 Å². The minimum atomic E-state index is -0.800. The Bertz CT molecular complexity index is 470. The van der Waals surface area contributed by atoms with E-state index in [0.29, 0.717) is 16.3 Å². The summed E-state index contributed by atoms with van der Waals surface area (Å²) in [5, 5.41) is 3.78. The first-order valence-electron chi connectivity index (χ1n) is 6.01. The number of hydrogen-bond acceptors (Lipinski definition) is 2. The molecule has 108 valence electrons. The summed E-state index contributed by atoms with van der Waals surface area (Å²) >= 11 is 11.7. The van der Waals surface area contributed by atoms with Crippen molar-refractivity contribution >= 4 is 34.0 Å². The third-order valence-corrected chi connectivity index (χ3v) is 4.31. The van der Waals surface area contributed by atoms with Gasteiger partial charge in [0, 0.05) is 39.9 Å². The molecular weight excluding hydrogens is 308 g/mol. The lowest BCUT2D eigenvalue weighted by atomic mass is 10.1. The summed E-state index contributed by atoms with van der Waals surface area (Å²) in [5.41, 5.74) is 0.674. The smallest absolute Gasteiger partial charge is 0.142 e. The molecule has 6 heteroatoms. The van der Waals surface area contributed by atoms with Crippen LogP contribution in [-0.2, 0) is 10.8 Å². The molecule has 0 heterocycles. The van der Waals surface area contributed by atoms with Crippen molar-refractivity contribution in [1.82, 2.24) is 5.32 Å². The second-order valence-corrected chi connectivity index (χ2v) is 7.01. The number of hydrogen-bond donors (Lipinski definition) is 1. The normalized spacial score (nSPS) is 16.1. The molecule has 0 spiro atoms. The van der Waals surface area contributed by atoms with Crippen molar-refractivity contribution < 1.29 is 8.60 Å². The fourth-order valence-corrected chi connectivity index (χ4v) is 3.04. The van der Waals surface area contributed by atoms with Crippen molar-refractivity contribution in [2.75, 3.05) is 12.0 Å². The van der Waals surface area contributed by atoms with Crippen LogP contribution in [0.15, 0.2) is 12.1 Å². The molecule has 0 aliphatic rings. The molecule has 1 aromatic carbocycles. The van der Waals surface area contributed by atoms with Crippen molar-refractivity contribution in [1.29, 1.82) is 0 Å². The van der Waals surface area contributed by atoms with E-state index in [-0.39, 0.29) is 17.1 Å². The summed E-state index contributed by atoms with van der Waals surface area (Å²) < 4.78 is 24.5. The maximum Gasteiger partial charge on any atom is 0.142 e. The molecule has 1 rings (SSSR count). The molecule has 0 saturated heterocycles. The van der Waals surface area contributed by atoms with Gasteiger partial charge in [-0.3, -0.25) is 4.21 Å². The van der Waals surface area contributed by atoms with Gasteiger partial charge >= 0.3 is 0 Å². The van der Waals surface area contributed by atoms with Crippen LogP contribution in [0.4, 0.5) is 4.39 Å². The molecule has 0 bridgehead atoms. The highest BCUT2D eigenvalue weighted by atomic mass is 35.5. The molecule has 1 aromatic rings. The van der Waals surface area contributed by atoms with Crippen LogP contribution in [0.25, 0.3) is 0 Å². The Labute approximate surface area is 126 Å². The van der Waals surface area contributed by atoms with E-state index in [1.807, 2.05) is 13.8 Å². The molecule has 0 aliphatic carbocycles. The van der Waals surface area contributed by atoms with Gasteiger partial charge < -0.3 is 5.32 Å². The monoisotopic (exact) mass is 325 g/mol. The summed E-state index contributed by atoms with van der Waals surface area (Å²) in [6.45, 7) is 3.91. The zero-order valence-corrected chi connectivity index (χ0v) is 13.5. The third kappa shape index (κ3) is 5.38. The summed E-state index contributed by atoms with van der Waals surface area (Å²) in [6, 6.07) is 2.85. The summed E-state index contributed by atoms with van der Waals surface area (Å²) in [4.78, 5) is 0. The first-order chi connectivity index (χ1) is 8.81. The van der Waals surface area contributed by atoms with Crippen LogP contribution in [0.2, 0.25) is 10.0 Å². The molecule has 0 fully saturated rings. The molecule has 0 radical (unpaired) electrons. The van der Waals surface area contributed by atoms with Crippen molar-refractivity contribution in [3.05, 3.63) is 33.6 Å². The highest BCUT2D eigenvalue weighted by Crippen LogP contribution is 2.28. The Hall–Kier alpha value is -0.160. The Kier molecular flexibility index (Phi) is 6.74. The first kappa shape index (κ1) is 16.9. The van der Waals surface area contributed by atoms with Gasteiger partial charge in [0.2, 0.25) is 0 Å². The lowest BCUT2D eigenvalue weighted by Gasteiger charge is -2.21. The molecule has 0 aliphatic heterocycles. The van der Waals surface area contributed by atoms with Crippen LogP contribution < -0.4 is 5.32 Å². The standard InChI is InChI=1S/C13H18Cl2FNOS/c1-8(4-5-19(3)18)17-9(2)10-6-13(16)12(15)7-11(10)14/h6-9,17H,4-5H2,1-3H3. The fourth-order valence-electron chi connectivity index (χ4n) is 1.81. The molecule has 0 aromatic heterocycles. The average Bonchev–Trinajstić information content (AvgIpc) is 2.31. The molecule has 0 saturated carbocycles. The fraction of sp³-hybridized carbons (Fsp3) is 0.538. The van der Waals surface area contributed by atoms with Gasteiger partial charge in [-0.1, -0.05) is 23.2 Å².